The summed E-state index contributed by atoms with van der Waals surface area (Å²) >= 11 is 0. The van der Waals surface area contributed by atoms with Gasteiger partial charge in [-0.1, -0.05) is 44.2 Å². The highest BCUT2D eigenvalue weighted by atomic mass is 32.2. The Bertz CT molecular complexity index is 610. The molecule has 1 unspecified atom stereocenters. The van der Waals surface area contributed by atoms with E-state index >= 15 is 0 Å². The van der Waals surface area contributed by atoms with E-state index in [9.17, 15) is 23.1 Å². The number of rotatable bonds is 7. The Morgan fingerprint density at radius 2 is 1.71 bits per heavy atom. The first-order valence-electron chi connectivity index (χ1n) is 6.42. The summed E-state index contributed by atoms with van der Waals surface area (Å²) in [6.07, 6.45) is 0.906. The fourth-order valence-electron chi connectivity index (χ4n) is 2.02. The second-order valence-electron chi connectivity index (χ2n) is 5.12. The van der Waals surface area contributed by atoms with Gasteiger partial charge in [0.1, 0.15) is 6.04 Å². The zero-order chi connectivity index (χ0) is 16.2. The smallest absolute Gasteiger partial charge is 0.322 e. The first-order valence-corrected chi connectivity index (χ1v) is 8.27. The standard InChI is InChI=1S/C14H19NO5S/c1-10(2)13(14(17)18)15(21(3,19)20)9-12(16)11-7-5-4-6-8-11/h4-8,10,13H,9H2,1-3H3,(H,17,18). The van der Waals surface area contributed by atoms with Gasteiger partial charge in [0.25, 0.3) is 0 Å². The van der Waals surface area contributed by atoms with Crippen molar-refractivity contribution in [2.75, 3.05) is 12.8 Å². The molecule has 1 aromatic carbocycles. The van der Waals surface area contributed by atoms with E-state index in [0.29, 0.717) is 5.56 Å². The molecule has 0 saturated carbocycles. The Labute approximate surface area is 124 Å². The molecule has 0 aliphatic carbocycles. The molecular weight excluding hydrogens is 294 g/mol. The number of sulfonamides is 1. The fourth-order valence-corrected chi connectivity index (χ4v) is 3.12. The lowest BCUT2D eigenvalue weighted by atomic mass is 10.0. The summed E-state index contributed by atoms with van der Waals surface area (Å²) < 4.78 is 24.5. The van der Waals surface area contributed by atoms with Gasteiger partial charge in [-0.15, -0.1) is 0 Å². The van der Waals surface area contributed by atoms with Crippen molar-refractivity contribution in [2.45, 2.75) is 19.9 Å². The van der Waals surface area contributed by atoms with Gasteiger partial charge in [0.15, 0.2) is 5.78 Å². The number of benzene rings is 1. The second kappa shape index (κ2) is 6.82. The summed E-state index contributed by atoms with van der Waals surface area (Å²) in [4.78, 5) is 23.5. The van der Waals surface area contributed by atoms with Crippen molar-refractivity contribution >= 4 is 21.8 Å². The lowest BCUT2D eigenvalue weighted by Crippen LogP contribution is -2.49. The monoisotopic (exact) mass is 313 g/mol. The van der Waals surface area contributed by atoms with E-state index in [2.05, 4.69) is 0 Å². The maximum absolute atomic E-state index is 12.2. The Kier molecular flexibility index (Phi) is 5.62. The van der Waals surface area contributed by atoms with Crippen LogP contribution in [0.2, 0.25) is 0 Å². The van der Waals surface area contributed by atoms with Crippen LogP contribution in [0, 0.1) is 5.92 Å². The zero-order valence-electron chi connectivity index (χ0n) is 12.2. The van der Waals surface area contributed by atoms with Gasteiger partial charge >= 0.3 is 5.97 Å². The minimum absolute atomic E-state index is 0.346. The van der Waals surface area contributed by atoms with Crippen molar-refractivity contribution in [3.05, 3.63) is 35.9 Å². The van der Waals surface area contributed by atoms with Crippen molar-refractivity contribution in [3.8, 4) is 0 Å². The van der Waals surface area contributed by atoms with Crippen LogP contribution in [0.4, 0.5) is 0 Å². The lowest BCUT2D eigenvalue weighted by molar-refractivity contribution is -0.142. The van der Waals surface area contributed by atoms with Crippen molar-refractivity contribution in [3.63, 3.8) is 0 Å². The molecule has 1 atom stereocenters. The number of carboxylic acids is 1. The number of Topliss-reactive ketones (excluding diaryl/α,β-unsaturated/α-hetero) is 1. The van der Waals surface area contributed by atoms with E-state index in [-0.39, 0.29) is 0 Å². The zero-order valence-corrected chi connectivity index (χ0v) is 13.0. The lowest BCUT2D eigenvalue weighted by Gasteiger charge is -2.28. The van der Waals surface area contributed by atoms with Crippen LogP contribution >= 0.6 is 0 Å². The highest BCUT2D eigenvalue weighted by molar-refractivity contribution is 7.88. The molecule has 0 aliphatic heterocycles. The number of carbonyl (C=O) groups is 2. The van der Waals surface area contributed by atoms with Crippen LogP contribution in [0.1, 0.15) is 24.2 Å². The number of ketones is 1. The topological polar surface area (TPSA) is 91.8 Å². The molecule has 1 rings (SSSR count). The van der Waals surface area contributed by atoms with E-state index < -0.39 is 40.3 Å². The van der Waals surface area contributed by atoms with Crippen LogP contribution in [0.15, 0.2) is 30.3 Å². The maximum Gasteiger partial charge on any atom is 0.322 e. The molecule has 1 aromatic rings. The van der Waals surface area contributed by atoms with Gasteiger partial charge in [0.2, 0.25) is 10.0 Å². The van der Waals surface area contributed by atoms with E-state index in [1.165, 1.54) is 0 Å². The van der Waals surface area contributed by atoms with Gasteiger partial charge in [-0.25, -0.2) is 8.42 Å². The van der Waals surface area contributed by atoms with E-state index in [0.717, 1.165) is 10.6 Å². The quantitative estimate of drug-likeness (QED) is 0.765. The molecule has 116 valence electrons. The van der Waals surface area contributed by atoms with Crippen LogP contribution in [0.3, 0.4) is 0 Å². The molecule has 6 nitrogen and oxygen atoms in total. The highest BCUT2D eigenvalue weighted by Crippen LogP contribution is 2.16. The van der Waals surface area contributed by atoms with E-state index in [4.69, 9.17) is 0 Å². The van der Waals surface area contributed by atoms with Gasteiger partial charge in [-0.2, -0.15) is 4.31 Å². The molecule has 0 aliphatic rings. The molecule has 0 fully saturated rings. The average molecular weight is 313 g/mol. The van der Waals surface area contributed by atoms with Crippen LogP contribution in [0.25, 0.3) is 0 Å². The Morgan fingerprint density at radius 3 is 2.10 bits per heavy atom. The first kappa shape index (κ1) is 17.3. The van der Waals surface area contributed by atoms with Gasteiger partial charge in [0.05, 0.1) is 12.8 Å². The summed E-state index contributed by atoms with van der Waals surface area (Å²) in [5, 5.41) is 9.24. The third-order valence-corrected chi connectivity index (χ3v) is 4.22. The maximum atomic E-state index is 12.2. The molecule has 0 spiro atoms. The van der Waals surface area contributed by atoms with Crippen molar-refractivity contribution in [2.24, 2.45) is 5.92 Å². The third kappa shape index (κ3) is 4.64. The van der Waals surface area contributed by atoms with Crippen molar-refractivity contribution < 1.29 is 23.1 Å². The number of nitrogens with zero attached hydrogens (tertiary/aromatic N) is 1. The number of carbonyl (C=O) groups excluding carboxylic acids is 1. The van der Waals surface area contributed by atoms with Crippen LogP contribution in [0.5, 0.6) is 0 Å². The summed E-state index contributed by atoms with van der Waals surface area (Å²) in [5.74, 6) is -2.16. The number of hydrogen-bond acceptors (Lipinski definition) is 4. The van der Waals surface area contributed by atoms with Crippen molar-refractivity contribution in [1.82, 2.24) is 4.31 Å². The van der Waals surface area contributed by atoms with Gasteiger partial charge in [0, 0.05) is 5.56 Å². The predicted octanol–water partition coefficient (Wildman–Crippen LogP) is 1.24. The molecule has 0 heterocycles. The Hall–Kier alpha value is -1.73. The molecule has 0 aromatic heterocycles. The van der Waals surface area contributed by atoms with E-state index in [1.807, 2.05) is 0 Å². The Balaban J connectivity index is 3.11. The average Bonchev–Trinajstić information content (AvgIpc) is 2.36. The van der Waals surface area contributed by atoms with Crippen LogP contribution in [-0.2, 0) is 14.8 Å². The number of aliphatic carboxylic acids is 1. The van der Waals surface area contributed by atoms with Crippen molar-refractivity contribution in [1.29, 1.82) is 0 Å². The Morgan fingerprint density at radius 1 is 1.19 bits per heavy atom. The minimum atomic E-state index is -3.83. The number of hydrogen-bond donors (Lipinski definition) is 1. The molecule has 0 saturated heterocycles. The van der Waals surface area contributed by atoms with E-state index in [1.54, 1.807) is 44.2 Å². The van der Waals surface area contributed by atoms with Crippen LogP contribution < -0.4 is 0 Å². The summed E-state index contributed by atoms with van der Waals surface area (Å²) in [7, 11) is -3.83. The summed E-state index contributed by atoms with van der Waals surface area (Å²) in [6, 6.07) is 6.92. The molecular formula is C14H19NO5S. The molecule has 0 radical (unpaired) electrons. The summed E-state index contributed by atoms with van der Waals surface area (Å²) in [5.41, 5.74) is 0.346. The summed E-state index contributed by atoms with van der Waals surface area (Å²) in [6.45, 7) is 2.71. The molecule has 0 bridgehead atoms. The predicted molar refractivity (Wildman–Crippen MR) is 78.6 cm³/mol. The fraction of sp³-hybridized carbons (Fsp3) is 0.429. The minimum Gasteiger partial charge on any atom is -0.480 e. The normalized spacial score (nSPS) is 13.4. The number of carboxylic acid groups (broad SMARTS) is 1. The largest absolute Gasteiger partial charge is 0.480 e. The first-order chi connectivity index (χ1) is 9.64. The SMILES string of the molecule is CC(C)C(C(=O)O)N(CC(=O)c1ccccc1)S(C)(=O)=O. The van der Waals surface area contributed by atoms with Gasteiger partial charge in [-0.3, -0.25) is 9.59 Å². The second-order valence-corrected chi connectivity index (χ2v) is 7.06. The van der Waals surface area contributed by atoms with Gasteiger partial charge < -0.3 is 5.11 Å². The highest BCUT2D eigenvalue weighted by Gasteiger charge is 2.36. The molecule has 1 N–H and O–H groups in total. The third-order valence-electron chi connectivity index (χ3n) is 3.02. The molecule has 0 amide bonds. The molecule has 7 heteroatoms. The molecule has 21 heavy (non-hydrogen) atoms. The van der Waals surface area contributed by atoms with Crippen LogP contribution in [-0.4, -0.2) is 48.4 Å². The van der Waals surface area contributed by atoms with Gasteiger partial charge in [-0.05, 0) is 5.92 Å².